The minimum Gasteiger partial charge on any atom is -0.394 e. The molecule has 4 atom stereocenters. The number of hydrogen-bond donors (Lipinski definition) is 5. The van der Waals surface area contributed by atoms with Gasteiger partial charge in [-0.25, -0.2) is 0 Å². The first-order valence-electron chi connectivity index (χ1n) is 4.50. The summed E-state index contributed by atoms with van der Waals surface area (Å²) in [5, 5.41) is 40.7. The molecular formula is C7H14O7. The van der Waals surface area contributed by atoms with Gasteiger partial charge >= 0.3 is 0 Å². The molecule has 1 heterocycles. The van der Waals surface area contributed by atoms with Crippen molar-refractivity contribution >= 4 is 0 Å². The minimum atomic E-state index is -1.85. The number of ether oxygens (including phenoxy) is 2. The van der Waals surface area contributed by atoms with Crippen LogP contribution in [0, 0.1) is 0 Å². The lowest BCUT2D eigenvalue weighted by Crippen LogP contribution is -2.48. The maximum absolute atomic E-state index is 9.55. The minimum absolute atomic E-state index is 0.523. The Bertz CT molecular complexity index is 204. The summed E-state index contributed by atoms with van der Waals surface area (Å²) in [6.45, 7) is -1.79. The first-order valence-corrected chi connectivity index (χ1v) is 4.09. The maximum Gasteiger partial charge on any atom is 0.223 e. The number of rotatable bonds is 5. The van der Waals surface area contributed by atoms with E-state index in [-0.39, 0.29) is 0 Å². The van der Waals surface area contributed by atoms with E-state index < -0.39 is 44.1 Å². The molecule has 1 fully saturated rings. The highest BCUT2D eigenvalue weighted by Gasteiger charge is 2.54. The molecule has 84 valence electrons. The average Bonchev–Trinajstić information content (AvgIpc) is 2.51. The molecule has 1 rings (SSSR count). The third kappa shape index (κ3) is 1.75. The van der Waals surface area contributed by atoms with Crippen LogP contribution >= 0.6 is 0 Å². The molecule has 0 aromatic heterocycles. The molecule has 0 amide bonds. The fraction of sp³-hybridized carbons (Fsp3) is 1.00. The molecule has 0 aliphatic carbocycles. The molecule has 1 saturated heterocycles. The zero-order valence-electron chi connectivity index (χ0n) is 8.37. The highest BCUT2D eigenvalue weighted by atomic mass is 16.8. The van der Waals surface area contributed by atoms with Crippen LogP contribution in [0.2, 0.25) is 0 Å². The Hall–Kier alpha value is -0.280. The van der Waals surface area contributed by atoms with Gasteiger partial charge in [0.1, 0.15) is 31.7 Å². The summed E-state index contributed by atoms with van der Waals surface area (Å²) in [5.41, 5.74) is 0. The van der Waals surface area contributed by atoms with Crippen molar-refractivity contribution in [3.05, 3.63) is 0 Å². The number of hydrogen-bond acceptors (Lipinski definition) is 7. The van der Waals surface area contributed by atoms with E-state index in [4.69, 9.17) is 21.1 Å². The van der Waals surface area contributed by atoms with Crippen molar-refractivity contribution in [3.63, 3.8) is 0 Å². The van der Waals surface area contributed by atoms with Crippen LogP contribution in [0.1, 0.15) is 0 Å². The Balaban J connectivity index is 2.72. The highest BCUT2D eigenvalue weighted by Crippen LogP contribution is 2.31. The molecule has 1 aliphatic heterocycles. The van der Waals surface area contributed by atoms with Crippen molar-refractivity contribution in [2.75, 3.05) is 20.0 Å². The third-order valence-corrected chi connectivity index (χ3v) is 2.21. The van der Waals surface area contributed by atoms with Crippen molar-refractivity contribution in [2.24, 2.45) is 0 Å². The van der Waals surface area contributed by atoms with E-state index in [0.717, 1.165) is 0 Å². The predicted molar refractivity (Wildman–Crippen MR) is 42.0 cm³/mol. The quantitative estimate of drug-likeness (QED) is 0.304. The fourth-order valence-corrected chi connectivity index (χ4v) is 1.40. The molecule has 7 heteroatoms. The van der Waals surface area contributed by atoms with Crippen molar-refractivity contribution < 1.29 is 35.0 Å². The third-order valence-electron chi connectivity index (χ3n) is 2.21. The summed E-state index contributed by atoms with van der Waals surface area (Å²) < 4.78 is 16.2. The summed E-state index contributed by atoms with van der Waals surface area (Å²) in [7, 11) is 0. The number of aliphatic hydroxyl groups excluding tert-OH is 5. The summed E-state index contributed by atoms with van der Waals surface area (Å²) in [5.74, 6) is -1.85. The second-order valence-electron chi connectivity index (χ2n) is 3.01. The molecule has 0 aromatic carbocycles. The van der Waals surface area contributed by atoms with Gasteiger partial charge < -0.3 is 35.0 Å². The standard InChI is InChI=1S/C7H14O7/c8-1-4-5(11)6(12)7(2-9,14-4)13-3-10/h4-6,8-12H,1-3H2/t4-,5-,6?,7-/m1/s1/i10T. The van der Waals surface area contributed by atoms with Crippen LogP contribution in [-0.2, 0) is 9.47 Å². The molecular weight excluding hydrogens is 196 g/mol. The van der Waals surface area contributed by atoms with Crippen LogP contribution in [0.4, 0.5) is 0 Å². The van der Waals surface area contributed by atoms with Gasteiger partial charge in [0.05, 0.1) is 6.61 Å². The molecule has 0 aromatic rings. The van der Waals surface area contributed by atoms with Crippen molar-refractivity contribution in [1.29, 1.82) is 1.43 Å². The first-order chi connectivity index (χ1) is 7.11. The van der Waals surface area contributed by atoms with Gasteiger partial charge in [-0.1, -0.05) is 0 Å². The van der Waals surface area contributed by atoms with Gasteiger partial charge in [-0.2, -0.15) is 0 Å². The van der Waals surface area contributed by atoms with Crippen molar-refractivity contribution in [2.45, 2.75) is 24.1 Å². The highest BCUT2D eigenvalue weighted by molar-refractivity contribution is 4.96. The van der Waals surface area contributed by atoms with Gasteiger partial charge in [-0.05, 0) is 0 Å². The topological polar surface area (TPSA) is 120 Å². The van der Waals surface area contributed by atoms with Gasteiger partial charge in [-0.3, -0.25) is 0 Å². The summed E-state index contributed by atoms with van der Waals surface area (Å²) in [6.07, 6.45) is -3.93. The van der Waals surface area contributed by atoms with Crippen LogP contribution in [-0.4, -0.2) is 71.1 Å². The van der Waals surface area contributed by atoms with Crippen molar-refractivity contribution in [3.8, 4) is 0 Å². The van der Waals surface area contributed by atoms with E-state index in [9.17, 15) is 10.2 Å². The van der Waals surface area contributed by atoms with Crippen LogP contribution < -0.4 is 0 Å². The van der Waals surface area contributed by atoms with E-state index in [1.54, 1.807) is 0 Å². The second kappa shape index (κ2) is 4.49. The van der Waals surface area contributed by atoms with E-state index in [1.165, 1.54) is 0 Å². The van der Waals surface area contributed by atoms with E-state index in [2.05, 4.69) is 5.11 Å². The van der Waals surface area contributed by atoms with Gasteiger partial charge in [-0.15, -0.1) is 0 Å². The van der Waals surface area contributed by atoms with Gasteiger partial charge in [0.15, 0.2) is 0 Å². The molecule has 14 heavy (non-hydrogen) atoms. The smallest absolute Gasteiger partial charge is 0.223 e. The predicted octanol–water partition coefficient (Wildman–Crippen LogP) is -3.25. The second-order valence-corrected chi connectivity index (χ2v) is 3.01. The lowest BCUT2D eigenvalue weighted by atomic mass is 10.1. The first kappa shape index (κ1) is 10.2. The molecule has 0 radical (unpaired) electrons. The Kier molecular flexibility index (Phi) is 3.29. The van der Waals surface area contributed by atoms with Crippen LogP contribution in [0.5, 0.6) is 0 Å². The Morgan fingerprint density at radius 1 is 1.43 bits per heavy atom. The average molecular weight is 212 g/mol. The zero-order valence-corrected chi connectivity index (χ0v) is 7.37. The Morgan fingerprint density at radius 2 is 2.14 bits per heavy atom. The molecule has 1 aliphatic rings. The molecule has 0 bridgehead atoms. The van der Waals surface area contributed by atoms with Crippen LogP contribution in [0.15, 0.2) is 0 Å². The molecule has 7 nitrogen and oxygen atoms in total. The Morgan fingerprint density at radius 3 is 2.57 bits per heavy atom. The van der Waals surface area contributed by atoms with Gasteiger partial charge in [0.25, 0.3) is 0 Å². The summed E-state index contributed by atoms with van der Waals surface area (Å²) in [6, 6.07) is 0. The van der Waals surface area contributed by atoms with E-state index in [0.29, 0.717) is 0 Å². The lowest BCUT2D eigenvalue weighted by Gasteiger charge is -2.28. The SMILES string of the molecule is [3H]OCO[C@]1(CO)O[C@H](CO)[C@@H](O)C1O. The number of aliphatic hydroxyl groups is 5. The maximum atomic E-state index is 9.55. The van der Waals surface area contributed by atoms with E-state index in [1.807, 2.05) is 0 Å². The largest absolute Gasteiger partial charge is 0.394 e. The summed E-state index contributed by atoms with van der Waals surface area (Å²) >= 11 is 0. The summed E-state index contributed by atoms with van der Waals surface area (Å²) in [4.78, 5) is 0. The molecule has 0 saturated carbocycles. The van der Waals surface area contributed by atoms with Gasteiger partial charge in [0, 0.05) is 0 Å². The van der Waals surface area contributed by atoms with Crippen molar-refractivity contribution in [1.82, 2.24) is 0 Å². The van der Waals surface area contributed by atoms with Crippen LogP contribution in [0.3, 0.4) is 0 Å². The zero-order chi connectivity index (χ0) is 11.5. The molecule has 5 N–H and O–H groups in total. The van der Waals surface area contributed by atoms with Crippen LogP contribution in [0.25, 0.3) is 0 Å². The lowest BCUT2D eigenvalue weighted by molar-refractivity contribution is -0.297. The van der Waals surface area contributed by atoms with E-state index >= 15 is 0 Å². The monoisotopic (exact) mass is 212 g/mol. The molecule has 1 unspecified atom stereocenters. The Labute approximate surface area is 81.6 Å². The fourth-order valence-electron chi connectivity index (χ4n) is 1.40. The normalized spacial score (nSPS) is 44.0. The molecule has 0 spiro atoms. The van der Waals surface area contributed by atoms with Gasteiger partial charge in [0.2, 0.25) is 7.22 Å².